The zero-order valence-electron chi connectivity index (χ0n) is 32.9. The summed E-state index contributed by atoms with van der Waals surface area (Å²) in [5, 5.41) is 9.31. The number of fused-ring (bicyclic) bond motifs is 8. The molecular weight excluding hydrogens is 992 g/mol. The molecule has 0 amide bonds. The Labute approximate surface area is 370 Å². The van der Waals surface area contributed by atoms with E-state index in [2.05, 4.69) is 112 Å². The summed E-state index contributed by atoms with van der Waals surface area (Å²) >= 11 is 15.4. The molecule has 4 aromatic carbocycles. The number of hydrogen-bond donors (Lipinski definition) is 1. The lowest BCUT2D eigenvalue weighted by Gasteiger charge is -2.24. The molecule has 1 aliphatic rings. The van der Waals surface area contributed by atoms with Crippen LogP contribution in [0, 0.1) is 0 Å². The molecule has 9 nitrogen and oxygen atoms in total. The smallest absolute Gasteiger partial charge is 0.126 e. The Bertz CT molecular complexity index is 1790. The maximum absolute atomic E-state index is 9.31. The van der Waals surface area contributed by atoms with Gasteiger partial charge in [0.1, 0.15) is 49.4 Å². The van der Waals surface area contributed by atoms with Crippen LogP contribution in [0.4, 0.5) is 0 Å². The van der Waals surface area contributed by atoms with E-state index in [1.54, 1.807) is 0 Å². The molecule has 0 spiro atoms. The van der Waals surface area contributed by atoms with E-state index in [-0.39, 0.29) is 13.2 Å². The van der Waals surface area contributed by atoms with Crippen LogP contribution < -0.4 is 18.9 Å². The second-order valence-electron chi connectivity index (χ2n) is 13.2. The molecule has 0 aromatic heterocycles. The Balaban J connectivity index is 1.76. The topological polar surface area (TPSA) is 94.1 Å². The molecule has 0 unspecified atom stereocenters. The third kappa shape index (κ3) is 13.7. The minimum Gasteiger partial charge on any atom is -0.491 e. The Hall–Kier alpha value is -2.20. The Morgan fingerprint density at radius 1 is 0.368 bits per heavy atom. The fraction of sp³-hybridized carbons (Fsp3) is 0.455. The van der Waals surface area contributed by atoms with Crippen molar-refractivity contribution in [3.63, 3.8) is 0 Å². The summed E-state index contributed by atoms with van der Waals surface area (Å²) in [5.74, 6) is 3.16. The van der Waals surface area contributed by atoms with Gasteiger partial charge in [0.25, 0.3) is 0 Å². The van der Waals surface area contributed by atoms with Gasteiger partial charge < -0.3 is 43.0 Å². The lowest BCUT2D eigenvalue weighted by Crippen LogP contribution is -2.14. The van der Waals surface area contributed by atoms with Gasteiger partial charge in [0.05, 0.1) is 39.6 Å². The van der Waals surface area contributed by atoms with Gasteiger partial charge in [-0.1, -0.05) is 63.7 Å². The number of aliphatic hydroxyl groups is 1. The van der Waals surface area contributed by atoms with Crippen LogP contribution in [0.2, 0.25) is 0 Å². The highest BCUT2D eigenvalue weighted by Crippen LogP contribution is 2.42. The third-order valence-corrected chi connectivity index (χ3v) is 10.9. The van der Waals surface area contributed by atoms with Gasteiger partial charge >= 0.3 is 0 Å². The van der Waals surface area contributed by atoms with E-state index in [4.69, 9.17) is 37.9 Å². The van der Waals surface area contributed by atoms with Gasteiger partial charge in [-0.3, -0.25) is 0 Å². The first kappa shape index (κ1) is 45.9. The Kier molecular flexibility index (Phi) is 19.4. The molecule has 0 heterocycles. The molecule has 4 aromatic rings. The van der Waals surface area contributed by atoms with Crippen LogP contribution >= 0.6 is 63.7 Å². The monoisotopic (exact) mass is 1040 g/mol. The summed E-state index contributed by atoms with van der Waals surface area (Å²) < 4.78 is 53.1. The molecule has 0 fully saturated rings. The van der Waals surface area contributed by atoms with Crippen molar-refractivity contribution >= 4 is 63.7 Å². The fourth-order valence-electron chi connectivity index (χ4n) is 6.87. The molecule has 1 aliphatic carbocycles. The number of rotatable bonds is 21. The summed E-state index contributed by atoms with van der Waals surface area (Å²) in [6, 6.07) is 17.0. The van der Waals surface area contributed by atoms with Crippen molar-refractivity contribution in [2.75, 3.05) is 85.9 Å². The number of halogens is 4. The van der Waals surface area contributed by atoms with Gasteiger partial charge in [-0.25, -0.2) is 0 Å². The van der Waals surface area contributed by atoms with Crippen molar-refractivity contribution < 1.29 is 43.0 Å². The molecule has 0 atom stereocenters. The zero-order valence-corrected chi connectivity index (χ0v) is 39.2. The summed E-state index contributed by atoms with van der Waals surface area (Å²) in [7, 11) is 0. The van der Waals surface area contributed by atoms with Gasteiger partial charge in [-0.15, -0.1) is 0 Å². The van der Waals surface area contributed by atoms with E-state index in [9.17, 15) is 5.11 Å². The highest BCUT2D eigenvalue weighted by Gasteiger charge is 2.24. The van der Waals surface area contributed by atoms with Crippen LogP contribution in [0.15, 0.2) is 66.4 Å². The zero-order chi connectivity index (χ0) is 40.6. The highest BCUT2D eigenvalue weighted by atomic mass is 79.9. The minimum atomic E-state index is -0.0508. The second kappa shape index (κ2) is 24.2. The Morgan fingerprint density at radius 3 is 0.807 bits per heavy atom. The van der Waals surface area contributed by atoms with E-state index >= 15 is 0 Å². The maximum Gasteiger partial charge on any atom is 0.126 e. The SMILES string of the molecule is CCOCCOc1c2cc(Br)cc1Cc1cc(Br)cc(c1OCCOCC)Cc1cc(Br)cc(c1OCCOCCO)Cc1cc(Br)cc(c1OCCOCC)C2. The van der Waals surface area contributed by atoms with Crippen molar-refractivity contribution in [1.82, 2.24) is 0 Å². The number of hydrogen-bond acceptors (Lipinski definition) is 9. The molecule has 57 heavy (non-hydrogen) atoms. The molecule has 310 valence electrons. The molecule has 0 saturated carbocycles. The van der Waals surface area contributed by atoms with E-state index < -0.39 is 0 Å². The van der Waals surface area contributed by atoms with E-state index in [1.807, 2.05) is 20.8 Å². The van der Waals surface area contributed by atoms with E-state index in [0.29, 0.717) is 98.4 Å². The number of aliphatic hydroxyl groups excluding tert-OH is 1. The largest absolute Gasteiger partial charge is 0.491 e. The molecule has 0 aliphatic heterocycles. The van der Waals surface area contributed by atoms with Crippen LogP contribution in [0.5, 0.6) is 23.0 Å². The highest BCUT2D eigenvalue weighted by molar-refractivity contribution is 9.11. The van der Waals surface area contributed by atoms with Crippen molar-refractivity contribution in [2.24, 2.45) is 0 Å². The first-order valence-corrected chi connectivity index (χ1v) is 22.6. The first-order chi connectivity index (χ1) is 27.7. The lowest BCUT2D eigenvalue weighted by atomic mass is 9.91. The number of ether oxygens (including phenoxy) is 8. The number of benzene rings is 4. The van der Waals surface area contributed by atoms with Crippen LogP contribution in [0.1, 0.15) is 65.3 Å². The summed E-state index contributed by atoms with van der Waals surface area (Å²) in [4.78, 5) is 0. The van der Waals surface area contributed by atoms with Gasteiger partial charge in [0.2, 0.25) is 0 Å². The molecule has 0 radical (unpaired) electrons. The normalized spacial score (nSPS) is 12.4. The third-order valence-electron chi connectivity index (χ3n) is 9.10. The summed E-state index contributed by atoms with van der Waals surface area (Å²) in [5.41, 5.74) is 7.96. The van der Waals surface area contributed by atoms with E-state index in [0.717, 1.165) is 85.4 Å². The van der Waals surface area contributed by atoms with Crippen molar-refractivity contribution in [2.45, 2.75) is 46.5 Å². The average Bonchev–Trinajstić information content (AvgIpc) is 3.16. The predicted molar refractivity (Wildman–Crippen MR) is 237 cm³/mol. The molecule has 5 rings (SSSR count). The van der Waals surface area contributed by atoms with Crippen molar-refractivity contribution in [3.05, 3.63) is 111 Å². The van der Waals surface area contributed by atoms with Crippen LogP contribution in [-0.2, 0) is 44.6 Å². The average molecular weight is 1040 g/mol. The van der Waals surface area contributed by atoms with Crippen LogP contribution in [0.3, 0.4) is 0 Å². The molecule has 0 saturated heterocycles. The quantitative estimate of drug-likeness (QED) is 0.0722. The minimum absolute atomic E-state index is 0.0508. The molecular formula is C44H52Br4O9. The van der Waals surface area contributed by atoms with E-state index in [1.165, 1.54) is 0 Å². The summed E-state index contributed by atoms with van der Waals surface area (Å²) in [6.07, 6.45) is 2.09. The van der Waals surface area contributed by atoms with Gasteiger partial charge in [0, 0.05) is 108 Å². The van der Waals surface area contributed by atoms with Crippen molar-refractivity contribution in [3.8, 4) is 23.0 Å². The first-order valence-electron chi connectivity index (χ1n) is 19.4. The van der Waals surface area contributed by atoms with Crippen molar-refractivity contribution in [1.29, 1.82) is 0 Å². The fourth-order valence-corrected chi connectivity index (χ4v) is 9.08. The Morgan fingerprint density at radius 2 is 0.596 bits per heavy atom. The molecule has 1 N–H and O–H groups in total. The van der Waals surface area contributed by atoms with Gasteiger partial charge in [-0.2, -0.15) is 0 Å². The van der Waals surface area contributed by atoms with Crippen LogP contribution in [0.25, 0.3) is 0 Å². The second-order valence-corrected chi connectivity index (χ2v) is 16.9. The standard InChI is InChI=1S/C44H52Br4O9/c1-4-50-9-13-54-41-29-17-31-23-38(46)25-33(42(31)55-14-10-51-5-2)19-35-27-40(48)28-36(44(35)57-16-12-53-8-7-49)20-34-26-39(47)24-32(18-30(41)22-37(45)21-29)43(34)56-15-11-52-6-3/h21-28,49H,4-20H2,1-3H3. The maximum atomic E-state index is 9.31. The predicted octanol–water partition coefficient (Wildman–Crippen LogP) is 10.0. The van der Waals surface area contributed by atoms with Crippen LogP contribution in [-0.4, -0.2) is 91.0 Å². The molecule has 13 heteroatoms. The lowest BCUT2D eigenvalue weighted by molar-refractivity contribution is 0.0701. The summed E-state index contributed by atoms with van der Waals surface area (Å²) in [6.45, 7) is 11.2. The van der Waals surface area contributed by atoms with Gasteiger partial charge in [-0.05, 0) is 69.3 Å². The van der Waals surface area contributed by atoms with Gasteiger partial charge in [0.15, 0.2) is 0 Å². The molecule has 8 bridgehead atoms.